The van der Waals surface area contributed by atoms with Gasteiger partial charge in [-0.3, -0.25) is 0 Å². The molecule has 1 aliphatic carbocycles. The van der Waals surface area contributed by atoms with Gasteiger partial charge in [-0.05, 0) is 57.9 Å². The highest BCUT2D eigenvalue weighted by atomic mass is 127. The summed E-state index contributed by atoms with van der Waals surface area (Å²) in [6, 6.07) is 6.23. The maximum Gasteiger partial charge on any atom is 0.191 e. The fraction of sp³-hybridized carbons (Fsp3) is 0.667. The van der Waals surface area contributed by atoms with Crippen LogP contribution in [0.2, 0.25) is 0 Å². The second kappa shape index (κ2) is 12.1. The van der Waals surface area contributed by atoms with Crippen molar-refractivity contribution in [2.24, 2.45) is 4.99 Å². The van der Waals surface area contributed by atoms with Crippen LogP contribution in [-0.2, 0) is 6.54 Å². The standard InChI is InChI=1S/C21H35N3O2S.HI/c1-6-22-20(24-14-21(25)11-10-19(21)27-7-2)23-13-17-9-8-16(5)12-18(17)26-15(3)4;/h8-9,12,15,19,25H,6-7,10-11,13-14H2,1-5H3,(H2,22,23,24);1H. The van der Waals surface area contributed by atoms with E-state index >= 15 is 0 Å². The van der Waals surface area contributed by atoms with Crippen molar-refractivity contribution in [3.63, 3.8) is 0 Å². The van der Waals surface area contributed by atoms with Crippen LogP contribution in [0, 0.1) is 6.92 Å². The van der Waals surface area contributed by atoms with Crippen molar-refractivity contribution in [2.45, 2.75) is 71.0 Å². The maximum absolute atomic E-state index is 10.8. The number of ether oxygens (including phenoxy) is 1. The third-order valence-electron chi connectivity index (χ3n) is 4.71. The van der Waals surface area contributed by atoms with Crippen molar-refractivity contribution in [3.8, 4) is 5.75 Å². The predicted octanol–water partition coefficient (Wildman–Crippen LogP) is 4.10. The van der Waals surface area contributed by atoms with Gasteiger partial charge in [0.05, 0.1) is 18.2 Å². The molecule has 0 spiro atoms. The van der Waals surface area contributed by atoms with Crippen molar-refractivity contribution >= 4 is 41.7 Å². The predicted molar refractivity (Wildman–Crippen MR) is 131 cm³/mol. The van der Waals surface area contributed by atoms with Gasteiger partial charge in [0.25, 0.3) is 0 Å². The molecule has 2 atom stereocenters. The van der Waals surface area contributed by atoms with E-state index in [0.717, 1.165) is 42.4 Å². The van der Waals surface area contributed by atoms with Gasteiger partial charge >= 0.3 is 0 Å². The molecule has 0 saturated heterocycles. The number of nitrogens with one attached hydrogen (secondary N) is 2. The third kappa shape index (κ3) is 7.30. The first-order chi connectivity index (χ1) is 12.9. The largest absolute Gasteiger partial charge is 0.491 e. The number of benzene rings is 1. The Morgan fingerprint density at radius 2 is 2.11 bits per heavy atom. The van der Waals surface area contributed by atoms with Crippen LogP contribution >= 0.6 is 35.7 Å². The Kier molecular flexibility index (Phi) is 11.0. The molecule has 0 aromatic heterocycles. The van der Waals surface area contributed by atoms with Crippen LogP contribution in [0.4, 0.5) is 0 Å². The number of aliphatic imine (C=N–C) groups is 1. The molecule has 28 heavy (non-hydrogen) atoms. The molecule has 3 N–H and O–H groups in total. The minimum atomic E-state index is -0.632. The fourth-order valence-electron chi connectivity index (χ4n) is 3.14. The lowest BCUT2D eigenvalue weighted by Crippen LogP contribution is -2.58. The third-order valence-corrected chi connectivity index (χ3v) is 6.12. The highest BCUT2D eigenvalue weighted by Gasteiger charge is 2.45. The zero-order chi connectivity index (χ0) is 19.9. The number of nitrogens with zero attached hydrogens (tertiary/aromatic N) is 1. The molecule has 160 valence electrons. The minimum Gasteiger partial charge on any atom is -0.491 e. The Morgan fingerprint density at radius 1 is 1.36 bits per heavy atom. The topological polar surface area (TPSA) is 65.9 Å². The summed E-state index contributed by atoms with van der Waals surface area (Å²) in [6.45, 7) is 12.2. The van der Waals surface area contributed by atoms with Crippen molar-refractivity contribution in [3.05, 3.63) is 29.3 Å². The molecular formula is C21H36IN3O2S. The van der Waals surface area contributed by atoms with Crippen LogP contribution in [0.15, 0.2) is 23.2 Å². The minimum absolute atomic E-state index is 0. The van der Waals surface area contributed by atoms with Crippen molar-refractivity contribution in [2.75, 3.05) is 18.8 Å². The van der Waals surface area contributed by atoms with Gasteiger partial charge in [0.15, 0.2) is 5.96 Å². The van der Waals surface area contributed by atoms with Gasteiger partial charge in [0.1, 0.15) is 5.75 Å². The number of halogens is 1. The Morgan fingerprint density at radius 3 is 2.68 bits per heavy atom. The van der Waals surface area contributed by atoms with Gasteiger partial charge in [-0.1, -0.05) is 19.1 Å². The lowest BCUT2D eigenvalue weighted by Gasteiger charge is -2.45. The van der Waals surface area contributed by atoms with E-state index in [1.807, 2.05) is 32.5 Å². The van der Waals surface area contributed by atoms with E-state index in [1.165, 1.54) is 5.56 Å². The second-order valence-electron chi connectivity index (χ2n) is 7.41. The number of aliphatic hydroxyl groups is 1. The van der Waals surface area contributed by atoms with E-state index in [-0.39, 0.29) is 30.1 Å². The van der Waals surface area contributed by atoms with Gasteiger partial charge in [-0.25, -0.2) is 4.99 Å². The second-order valence-corrected chi connectivity index (χ2v) is 8.89. The van der Waals surface area contributed by atoms with Gasteiger partial charge in [0.2, 0.25) is 0 Å². The average Bonchev–Trinajstić information content (AvgIpc) is 2.61. The van der Waals surface area contributed by atoms with Crippen LogP contribution in [0.5, 0.6) is 5.75 Å². The molecule has 2 rings (SSSR count). The van der Waals surface area contributed by atoms with Gasteiger partial charge in [-0.2, -0.15) is 11.8 Å². The number of hydrogen-bond acceptors (Lipinski definition) is 4. The summed E-state index contributed by atoms with van der Waals surface area (Å²) >= 11 is 1.84. The molecule has 0 heterocycles. The summed E-state index contributed by atoms with van der Waals surface area (Å²) in [7, 11) is 0. The summed E-state index contributed by atoms with van der Waals surface area (Å²) in [4.78, 5) is 4.71. The van der Waals surface area contributed by atoms with Crippen LogP contribution in [0.3, 0.4) is 0 Å². The van der Waals surface area contributed by atoms with Gasteiger partial charge in [0, 0.05) is 23.9 Å². The molecular weight excluding hydrogens is 485 g/mol. The zero-order valence-electron chi connectivity index (χ0n) is 17.7. The molecule has 0 amide bonds. The van der Waals surface area contributed by atoms with E-state index in [1.54, 1.807) is 0 Å². The van der Waals surface area contributed by atoms with E-state index in [2.05, 4.69) is 42.7 Å². The molecule has 7 heteroatoms. The molecule has 1 saturated carbocycles. The molecule has 1 aromatic rings. The van der Waals surface area contributed by atoms with E-state index < -0.39 is 5.60 Å². The van der Waals surface area contributed by atoms with Crippen LogP contribution < -0.4 is 15.4 Å². The number of guanidine groups is 1. The van der Waals surface area contributed by atoms with Gasteiger partial charge < -0.3 is 20.5 Å². The normalized spacial score (nSPS) is 21.7. The molecule has 5 nitrogen and oxygen atoms in total. The monoisotopic (exact) mass is 521 g/mol. The zero-order valence-corrected chi connectivity index (χ0v) is 20.9. The smallest absolute Gasteiger partial charge is 0.191 e. The van der Waals surface area contributed by atoms with Crippen LogP contribution in [0.25, 0.3) is 0 Å². The van der Waals surface area contributed by atoms with Crippen molar-refractivity contribution in [1.29, 1.82) is 0 Å². The van der Waals surface area contributed by atoms with Crippen LogP contribution in [0.1, 0.15) is 51.7 Å². The van der Waals surface area contributed by atoms with E-state index in [9.17, 15) is 5.11 Å². The van der Waals surface area contributed by atoms with Crippen LogP contribution in [-0.4, -0.2) is 46.9 Å². The lowest BCUT2D eigenvalue weighted by molar-refractivity contribution is -0.0198. The number of rotatable bonds is 9. The summed E-state index contributed by atoms with van der Waals surface area (Å²) in [5, 5.41) is 17.7. The van der Waals surface area contributed by atoms with E-state index in [0.29, 0.717) is 18.3 Å². The summed E-state index contributed by atoms with van der Waals surface area (Å²) in [6.07, 6.45) is 2.06. The average molecular weight is 522 g/mol. The Hall–Kier alpha value is -0.670. The number of aryl methyl sites for hydroxylation is 1. The molecule has 0 radical (unpaired) electrons. The lowest BCUT2D eigenvalue weighted by atomic mass is 9.79. The number of thioether (sulfide) groups is 1. The molecule has 0 bridgehead atoms. The molecule has 0 aliphatic heterocycles. The number of hydrogen-bond donors (Lipinski definition) is 3. The Bertz CT molecular complexity index is 642. The molecule has 1 aliphatic rings. The quantitative estimate of drug-likeness (QED) is 0.260. The SMILES string of the molecule is CCNC(=NCc1ccc(C)cc1OC(C)C)NCC1(O)CCC1SCC.I. The van der Waals surface area contributed by atoms with Crippen molar-refractivity contribution in [1.82, 2.24) is 10.6 Å². The summed E-state index contributed by atoms with van der Waals surface area (Å²) in [5.74, 6) is 2.66. The van der Waals surface area contributed by atoms with Gasteiger partial charge in [-0.15, -0.1) is 24.0 Å². The first-order valence-electron chi connectivity index (χ1n) is 10.00. The molecule has 1 fully saturated rings. The first-order valence-corrected chi connectivity index (χ1v) is 11.0. The summed E-state index contributed by atoms with van der Waals surface area (Å²) < 4.78 is 5.95. The van der Waals surface area contributed by atoms with E-state index in [4.69, 9.17) is 9.73 Å². The Labute approximate surface area is 191 Å². The maximum atomic E-state index is 10.8. The molecule has 2 unspecified atom stereocenters. The molecule has 1 aromatic carbocycles. The Balaban J connectivity index is 0.00000392. The first kappa shape index (κ1) is 25.4. The highest BCUT2D eigenvalue weighted by Crippen LogP contribution is 2.40. The fourth-order valence-corrected chi connectivity index (χ4v) is 4.33. The summed E-state index contributed by atoms with van der Waals surface area (Å²) in [5.41, 5.74) is 1.61. The highest BCUT2D eigenvalue weighted by molar-refractivity contribution is 14.0. The van der Waals surface area contributed by atoms with Crippen molar-refractivity contribution < 1.29 is 9.84 Å².